The van der Waals surface area contributed by atoms with Crippen LogP contribution in [-0.2, 0) is 0 Å². The molecular formula is C9H10BrF2NO2S. The molecule has 1 rings (SSSR count). The first-order chi connectivity index (χ1) is 7.54. The summed E-state index contributed by atoms with van der Waals surface area (Å²) in [7, 11) is 0. The third-order valence-electron chi connectivity index (χ3n) is 1.83. The van der Waals surface area contributed by atoms with Crippen LogP contribution in [0, 0.1) is 0 Å². The molecule has 0 saturated heterocycles. The van der Waals surface area contributed by atoms with Crippen molar-refractivity contribution in [3.8, 4) is 0 Å². The predicted octanol–water partition coefficient (Wildman–Crippen LogP) is 2.21. The molecule has 0 atom stereocenters. The highest BCUT2D eigenvalue weighted by Gasteiger charge is 2.20. The number of hydrogen-bond acceptors (Lipinski definition) is 3. The highest BCUT2D eigenvalue weighted by atomic mass is 79.9. The Hall–Kier alpha value is -0.530. The molecule has 90 valence electrons. The molecule has 0 aliphatic rings. The molecule has 1 amide bonds. The number of halogens is 3. The van der Waals surface area contributed by atoms with Gasteiger partial charge in [0.05, 0.1) is 22.5 Å². The number of carbonyl (C=O) groups excluding carboxylic acids is 1. The second kappa shape index (κ2) is 6.27. The molecule has 1 heterocycles. The Bertz CT molecular complexity index is 359. The first kappa shape index (κ1) is 13.5. The number of alkyl halides is 2. The lowest BCUT2D eigenvalue weighted by molar-refractivity contribution is 0.0509. The van der Waals surface area contributed by atoms with E-state index >= 15 is 0 Å². The van der Waals surface area contributed by atoms with Gasteiger partial charge in [0, 0.05) is 11.9 Å². The third kappa shape index (κ3) is 3.80. The van der Waals surface area contributed by atoms with Crippen LogP contribution in [0.15, 0.2) is 15.2 Å². The maximum absolute atomic E-state index is 12.2. The SMILES string of the molecule is O=C(c1csc(Br)c1)N(CCO)CC(F)F. The van der Waals surface area contributed by atoms with Gasteiger partial charge in [0.15, 0.2) is 0 Å². The molecule has 0 unspecified atom stereocenters. The zero-order valence-electron chi connectivity index (χ0n) is 8.20. The molecule has 1 aromatic rings. The second-order valence-corrected chi connectivity index (χ2v) is 5.30. The van der Waals surface area contributed by atoms with Gasteiger partial charge in [0.25, 0.3) is 12.3 Å². The van der Waals surface area contributed by atoms with Crippen LogP contribution < -0.4 is 0 Å². The Balaban J connectivity index is 2.74. The quantitative estimate of drug-likeness (QED) is 0.905. The van der Waals surface area contributed by atoms with Gasteiger partial charge in [-0.25, -0.2) is 8.78 Å². The Morgan fingerprint density at radius 1 is 1.62 bits per heavy atom. The average molecular weight is 314 g/mol. The van der Waals surface area contributed by atoms with Gasteiger partial charge in [0.2, 0.25) is 0 Å². The van der Waals surface area contributed by atoms with Crippen molar-refractivity contribution < 1.29 is 18.7 Å². The van der Waals surface area contributed by atoms with Gasteiger partial charge < -0.3 is 10.0 Å². The molecule has 3 nitrogen and oxygen atoms in total. The van der Waals surface area contributed by atoms with E-state index in [1.165, 1.54) is 11.3 Å². The van der Waals surface area contributed by atoms with Crippen LogP contribution >= 0.6 is 27.3 Å². The first-order valence-electron chi connectivity index (χ1n) is 4.47. The number of nitrogens with zero attached hydrogens (tertiary/aromatic N) is 1. The van der Waals surface area contributed by atoms with E-state index in [-0.39, 0.29) is 13.2 Å². The fraction of sp³-hybridized carbons (Fsp3) is 0.444. The number of thiophene rings is 1. The smallest absolute Gasteiger partial charge is 0.255 e. The van der Waals surface area contributed by atoms with Gasteiger partial charge in [-0.3, -0.25) is 4.79 Å². The van der Waals surface area contributed by atoms with Crippen molar-refractivity contribution in [2.24, 2.45) is 0 Å². The number of amides is 1. The lowest BCUT2D eigenvalue weighted by Crippen LogP contribution is -2.37. The molecule has 0 spiro atoms. The van der Waals surface area contributed by atoms with Gasteiger partial charge in [-0.05, 0) is 22.0 Å². The minimum atomic E-state index is -2.60. The third-order valence-corrected chi connectivity index (χ3v) is 3.33. The van der Waals surface area contributed by atoms with Crippen molar-refractivity contribution in [2.75, 3.05) is 19.7 Å². The fourth-order valence-electron chi connectivity index (χ4n) is 1.17. The number of rotatable bonds is 5. The maximum Gasteiger partial charge on any atom is 0.255 e. The van der Waals surface area contributed by atoms with E-state index in [0.29, 0.717) is 5.56 Å². The van der Waals surface area contributed by atoms with Crippen molar-refractivity contribution >= 4 is 33.2 Å². The van der Waals surface area contributed by atoms with Crippen LogP contribution in [0.5, 0.6) is 0 Å². The largest absolute Gasteiger partial charge is 0.395 e. The molecule has 1 aromatic heterocycles. The highest BCUT2D eigenvalue weighted by Crippen LogP contribution is 2.21. The number of aliphatic hydroxyl groups excluding tert-OH is 1. The van der Waals surface area contributed by atoms with Crippen molar-refractivity contribution in [3.05, 3.63) is 20.8 Å². The van der Waals surface area contributed by atoms with E-state index in [9.17, 15) is 13.6 Å². The van der Waals surface area contributed by atoms with Crippen molar-refractivity contribution in [3.63, 3.8) is 0 Å². The Kier molecular flexibility index (Phi) is 5.30. The predicted molar refractivity (Wildman–Crippen MR) is 61.0 cm³/mol. The van der Waals surface area contributed by atoms with Crippen LogP contribution in [0.1, 0.15) is 10.4 Å². The molecule has 16 heavy (non-hydrogen) atoms. The summed E-state index contributed by atoms with van der Waals surface area (Å²) in [5.41, 5.74) is 0.353. The van der Waals surface area contributed by atoms with E-state index in [1.807, 2.05) is 0 Å². The zero-order valence-corrected chi connectivity index (χ0v) is 10.6. The lowest BCUT2D eigenvalue weighted by atomic mass is 10.3. The van der Waals surface area contributed by atoms with E-state index in [2.05, 4.69) is 15.9 Å². The lowest BCUT2D eigenvalue weighted by Gasteiger charge is -2.20. The first-order valence-corrected chi connectivity index (χ1v) is 6.14. The summed E-state index contributed by atoms with van der Waals surface area (Å²) in [5.74, 6) is -0.490. The van der Waals surface area contributed by atoms with Gasteiger partial charge in [-0.15, -0.1) is 11.3 Å². The van der Waals surface area contributed by atoms with Crippen LogP contribution in [0.4, 0.5) is 8.78 Å². The van der Waals surface area contributed by atoms with Crippen LogP contribution in [0.2, 0.25) is 0 Å². The summed E-state index contributed by atoms with van der Waals surface area (Å²) in [6.45, 7) is -1.08. The number of hydrogen-bond donors (Lipinski definition) is 1. The molecule has 0 saturated carbocycles. The van der Waals surface area contributed by atoms with Crippen LogP contribution in [-0.4, -0.2) is 42.0 Å². The van der Waals surface area contributed by atoms with E-state index in [4.69, 9.17) is 5.11 Å². The summed E-state index contributed by atoms with van der Waals surface area (Å²) in [5, 5.41) is 10.3. The second-order valence-electron chi connectivity index (χ2n) is 3.01. The molecule has 0 aliphatic heterocycles. The van der Waals surface area contributed by atoms with E-state index in [0.717, 1.165) is 8.69 Å². The summed E-state index contributed by atoms with van der Waals surface area (Å²) in [6, 6.07) is 1.57. The standard InChI is InChI=1S/C9H10BrF2NO2S/c10-7-3-6(5-16-7)9(15)13(1-2-14)4-8(11)12/h3,5,8,14H,1-2,4H2. The Labute approximate surface area is 104 Å². The van der Waals surface area contributed by atoms with E-state index < -0.39 is 18.9 Å². The molecule has 0 bridgehead atoms. The summed E-state index contributed by atoms with van der Waals surface area (Å²) in [4.78, 5) is 12.7. The molecule has 7 heteroatoms. The number of carbonyl (C=O) groups is 1. The van der Waals surface area contributed by atoms with Crippen molar-refractivity contribution in [1.29, 1.82) is 0 Å². The van der Waals surface area contributed by atoms with Crippen molar-refractivity contribution in [2.45, 2.75) is 6.43 Å². The highest BCUT2D eigenvalue weighted by molar-refractivity contribution is 9.11. The van der Waals surface area contributed by atoms with Gasteiger partial charge >= 0.3 is 0 Å². The maximum atomic E-state index is 12.2. The average Bonchev–Trinajstić information content (AvgIpc) is 2.62. The topological polar surface area (TPSA) is 40.5 Å². The molecule has 0 aliphatic carbocycles. The molecule has 0 fully saturated rings. The zero-order chi connectivity index (χ0) is 12.1. The normalized spacial score (nSPS) is 10.8. The van der Waals surface area contributed by atoms with E-state index in [1.54, 1.807) is 11.4 Å². The minimum absolute atomic E-state index is 0.0867. The Morgan fingerprint density at radius 3 is 2.75 bits per heavy atom. The molecule has 0 aromatic carbocycles. The van der Waals surface area contributed by atoms with Gasteiger partial charge in [-0.1, -0.05) is 0 Å². The Morgan fingerprint density at radius 2 is 2.31 bits per heavy atom. The summed E-state index contributed by atoms with van der Waals surface area (Å²) < 4.78 is 25.2. The monoisotopic (exact) mass is 313 g/mol. The number of aliphatic hydroxyl groups is 1. The minimum Gasteiger partial charge on any atom is -0.395 e. The van der Waals surface area contributed by atoms with Crippen LogP contribution in [0.25, 0.3) is 0 Å². The summed E-state index contributed by atoms with van der Waals surface area (Å²) >= 11 is 4.50. The fourth-order valence-corrected chi connectivity index (χ4v) is 2.30. The van der Waals surface area contributed by atoms with Crippen LogP contribution in [0.3, 0.4) is 0 Å². The van der Waals surface area contributed by atoms with Crippen molar-refractivity contribution in [1.82, 2.24) is 4.90 Å². The van der Waals surface area contributed by atoms with Gasteiger partial charge in [0.1, 0.15) is 0 Å². The summed E-state index contributed by atoms with van der Waals surface area (Å²) in [6.07, 6.45) is -2.60. The molecule has 0 radical (unpaired) electrons. The van der Waals surface area contributed by atoms with Gasteiger partial charge in [-0.2, -0.15) is 0 Å². The molecule has 1 N–H and O–H groups in total. The molecular weight excluding hydrogens is 304 g/mol.